The van der Waals surface area contributed by atoms with E-state index in [2.05, 4.69) is 15.0 Å². The van der Waals surface area contributed by atoms with Crippen LogP contribution in [0.4, 0.5) is 13.2 Å². The molecule has 1 aliphatic heterocycles. The maximum atomic E-state index is 13.6. The zero-order chi connectivity index (χ0) is 22.2. The number of methoxy groups -OCH3 is 2. The number of alkyl halides is 3. The molecule has 0 spiro atoms. The van der Waals surface area contributed by atoms with Crippen LogP contribution in [-0.2, 0) is 19.1 Å². The van der Waals surface area contributed by atoms with Crippen LogP contribution in [0.2, 0.25) is 0 Å². The molecule has 4 rings (SSSR count). The minimum Gasteiger partial charge on any atom is -0.493 e. The van der Waals surface area contributed by atoms with Crippen LogP contribution in [0, 0.1) is 0 Å². The van der Waals surface area contributed by atoms with Crippen molar-refractivity contribution in [2.45, 2.75) is 44.9 Å². The van der Waals surface area contributed by atoms with Gasteiger partial charge < -0.3 is 9.47 Å². The van der Waals surface area contributed by atoms with Crippen LogP contribution in [0.15, 0.2) is 30.3 Å². The number of halogens is 3. The van der Waals surface area contributed by atoms with Crippen molar-refractivity contribution in [1.29, 1.82) is 0 Å². The zero-order valence-electron chi connectivity index (χ0n) is 17.7. The largest absolute Gasteiger partial charge is 0.493 e. The van der Waals surface area contributed by atoms with E-state index in [1.165, 1.54) is 0 Å². The molecule has 3 heterocycles. The molecule has 1 aliphatic rings. The third-order valence-corrected chi connectivity index (χ3v) is 5.71. The Balaban J connectivity index is 1.70. The second-order valence-corrected chi connectivity index (χ2v) is 7.60. The molecule has 0 N–H and O–H groups in total. The van der Waals surface area contributed by atoms with Gasteiger partial charge in [0.1, 0.15) is 5.69 Å². The molecule has 9 heteroatoms. The zero-order valence-corrected chi connectivity index (χ0v) is 17.7. The van der Waals surface area contributed by atoms with Gasteiger partial charge in [0.15, 0.2) is 17.1 Å². The van der Waals surface area contributed by atoms with Gasteiger partial charge in [0.2, 0.25) is 0 Å². The molecule has 6 nitrogen and oxygen atoms in total. The molecule has 2 aromatic heterocycles. The first-order valence-electron chi connectivity index (χ1n) is 10.3. The predicted molar refractivity (Wildman–Crippen MR) is 109 cm³/mol. The quantitative estimate of drug-likeness (QED) is 0.565. The number of para-hydroxylation sites is 1. The molecule has 1 saturated heterocycles. The lowest BCUT2D eigenvalue weighted by atomic mass is 10.1. The van der Waals surface area contributed by atoms with E-state index in [1.54, 1.807) is 27.2 Å². The summed E-state index contributed by atoms with van der Waals surface area (Å²) in [4.78, 5) is 6.58. The van der Waals surface area contributed by atoms with Gasteiger partial charge >= 0.3 is 6.18 Å². The first-order chi connectivity index (χ1) is 14.9. The number of aryl methyl sites for hydroxylation is 1. The van der Waals surface area contributed by atoms with Gasteiger partial charge in [-0.15, -0.1) is 0 Å². The Morgan fingerprint density at radius 2 is 1.97 bits per heavy atom. The van der Waals surface area contributed by atoms with Crippen LogP contribution >= 0.6 is 0 Å². The fraction of sp³-hybridized carbons (Fsp3) is 0.455. The average Bonchev–Trinajstić information content (AvgIpc) is 3.38. The van der Waals surface area contributed by atoms with Crippen molar-refractivity contribution < 1.29 is 22.6 Å². The first kappa shape index (κ1) is 21.4. The maximum absolute atomic E-state index is 13.6. The van der Waals surface area contributed by atoms with Crippen molar-refractivity contribution in [2.24, 2.45) is 0 Å². The lowest BCUT2D eigenvalue weighted by Crippen LogP contribution is -2.23. The highest BCUT2D eigenvalue weighted by Crippen LogP contribution is 2.38. The molecule has 0 unspecified atom stereocenters. The standard InChI is InChI=1S/C22H25F3N4O2/c1-4-15-11-19(22(23,24)25)29-20(26-15)12-16(27-29)17-8-6-10-28(17)13-14-7-5-9-18(30-2)21(14)31-3/h5,7,9,11-12,17H,4,6,8,10,13H2,1-3H3/t17-/m0/s1. The molecule has 31 heavy (non-hydrogen) atoms. The SMILES string of the molecule is CCc1cc(C(F)(F)F)n2nc([C@@H]3CCCN3Cc3cccc(OC)c3OC)cc2n1. The molecule has 3 aromatic rings. The van der Waals surface area contributed by atoms with Crippen molar-refractivity contribution in [3.8, 4) is 11.5 Å². The van der Waals surface area contributed by atoms with E-state index in [-0.39, 0.29) is 11.7 Å². The number of likely N-dealkylation sites (tertiary alicyclic amines) is 1. The van der Waals surface area contributed by atoms with Crippen LogP contribution in [0.5, 0.6) is 11.5 Å². The third-order valence-electron chi connectivity index (χ3n) is 5.71. The van der Waals surface area contributed by atoms with E-state index in [9.17, 15) is 13.2 Å². The normalized spacial score (nSPS) is 17.4. The highest BCUT2D eigenvalue weighted by molar-refractivity contribution is 5.47. The average molecular weight is 434 g/mol. The fourth-order valence-corrected chi connectivity index (χ4v) is 4.24. The number of hydrogen-bond donors (Lipinski definition) is 0. The molecule has 1 aromatic carbocycles. The van der Waals surface area contributed by atoms with E-state index in [0.717, 1.165) is 35.5 Å². The lowest BCUT2D eigenvalue weighted by Gasteiger charge is -2.24. The molecule has 0 saturated carbocycles. The van der Waals surface area contributed by atoms with Crippen LogP contribution in [0.3, 0.4) is 0 Å². The number of hydrogen-bond acceptors (Lipinski definition) is 5. The summed E-state index contributed by atoms with van der Waals surface area (Å²) in [5.41, 5.74) is 1.40. The van der Waals surface area contributed by atoms with Crippen LogP contribution in [0.1, 0.15) is 48.5 Å². The van der Waals surface area contributed by atoms with E-state index < -0.39 is 11.9 Å². The fourth-order valence-electron chi connectivity index (χ4n) is 4.24. The van der Waals surface area contributed by atoms with E-state index in [1.807, 2.05) is 18.2 Å². The van der Waals surface area contributed by atoms with Gasteiger partial charge in [-0.25, -0.2) is 9.50 Å². The molecule has 0 radical (unpaired) electrons. The molecule has 0 aliphatic carbocycles. The van der Waals surface area contributed by atoms with Gasteiger partial charge in [-0.3, -0.25) is 4.90 Å². The van der Waals surface area contributed by atoms with Crippen molar-refractivity contribution in [1.82, 2.24) is 19.5 Å². The Kier molecular flexibility index (Phi) is 5.79. The Morgan fingerprint density at radius 3 is 2.65 bits per heavy atom. The maximum Gasteiger partial charge on any atom is 0.433 e. The molecule has 1 fully saturated rings. The Hall–Kier alpha value is -2.81. The van der Waals surface area contributed by atoms with E-state index in [0.29, 0.717) is 35.9 Å². The summed E-state index contributed by atoms with van der Waals surface area (Å²) in [6, 6.07) is 8.37. The number of nitrogens with zero attached hydrogens (tertiary/aromatic N) is 4. The van der Waals surface area contributed by atoms with Crippen LogP contribution in [-0.4, -0.2) is 40.3 Å². The Bertz CT molecular complexity index is 1080. The highest BCUT2D eigenvalue weighted by atomic mass is 19.4. The first-order valence-corrected chi connectivity index (χ1v) is 10.3. The van der Waals surface area contributed by atoms with Gasteiger partial charge in [0.05, 0.1) is 26.0 Å². The second-order valence-electron chi connectivity index (χ2n) is 7.60. The monoisotopic (exact) mass is 434 g/mol. The lowest BCUT2D eigenvalue weighted by molar-refractivity contribution is -0.142. The molecule has 0 amide bonds. The number of benzene rings is 1. The Labute approximate surface area is 178 Å². The summed E-state index contributed by atoms with van der Waals surface area (Å²) in [5, 5.41) is 4.34. The Morgan fingerprint density at radius 1 is 1.16 bits per heavy atom. The van der Waals surface area contributed by atoms with Gasteiger partial charge in [-0.2, -0.15) is 18.3 Å². The summed E-state index contributed by atoms with van der Waals surface area (Å²) in [7, 11) is 3.19. The minimum absolute atomic E-state index is 0.0937. The van der Waals surface area contributed by atoms with Gasteiger partial charge in [0, 0.05) is 23.9 Å². The molecular weight excluding hydrogens is 409 g/mol. The number of aromatic nitrogens is 3. The summed E-state index contributed by atoms with van der Waals surface area (Å²) in [5.74, 6) is 1.31. The van der Waals surface area contributed by atoms with Gasteiger partial charge in [-0.05, 0) is 37.9 Å². The third kappa shape index (κ3) is 4.06. The van der Waals surface area contributed by atoms with Crippen molar-refractivity contribution >= 4 is 5.65 Å². The highest BCUT2D eigenvalue weighted by Gasteiger charge is 2.36. The second kappa shape index (κ2) is 8.37. The van der Waals surface area contributed by atoms with Gasteiger partial charge in [0.25, 0.3) is 0 Å². The van der Waals surface area contributed by atoms with Gasteiger partial charge in [-0.1, -0.05) is 19.1 Å². The van der Waals surface area contributed by atoms with Crippen LogP contribution in [0.25, 0.3) is 5.65 Å². The van der Waals surface area contributed by atoms with Crippen molar-refractivity contribution in [3.05, 3.63) is 53.0 Å². The summed E-state index contributed by atoms with van der Waals surface area (Å²) >= 11 is 0. The molecule has 0 bridgehead atoms. The van der Waals surface area contributed by atoms with Crippen LogP contribution < -0.4 is 9.47 Å². The molecular formula is C22H25F3N4O2. The number of rotatable bonds is 6. The number of fused-ring (bicyclic) bond motifs is 1. The van der Waals surface area contributed by atoms with E-state index >= 15 is 0 Å². The molecule has 166 valence electrons. The topological polar surface area (TPSA) is 51.9 Å². The van der Waals surface area contributed by atoms with Crippen molar-refractivity contribution in [3.63, 3.8) is 0 Å². The number of ether oxygens (including phenoxy) is 2. The smallest absolute Gasteiger partial charge is 0.433 e. The summed E-state index contributed by atoms with van der Waals surface area (Å²) < 4.78 is 52.7. The van der Waals surface area contributed by atoms with E-state index in [4.69, 9.17) is 9.47 Å². The predicted octanol–water partition coefficient (Wildman–Crippen LogP) is 4.66. The minimum atomic E-state index is -4.50. The summed E-state index contributed by atoms with van der Waals surface area (Å²) in [6.07, 6.45) is -2.33. The van der Waals surface area contributed by atoms with Crippen molar-refractivity contribution in [2.75, 3.05) is 20.8 Å². The summed E-state index contributed by atoms with van der Waals surface area (Å²) in [6.45, 7) is 3.19. The molecule has 1 atom stereocenters.